The van der Waals surface area contributed by atoms with Gasteiger partial charge in [0.2, 0.25) is 5.91 Å². The summed E-state index contributed by atoms with van der Waals surface area (Å²) in [6.07, 6.45) is 11.3. The number of nitrogens with two attached hydrogens (primary N) is 1. The van der Waals surface area contributed by atoms with Crippen LogP contribution in [0.4, 0.5) is 0 Å². The van der Waals surface area contributed by atoms with Gasteiger partial charge in [-0.3, -0.25) is 14.4 Å². The van der Waals surface area contributed by atoms with E-state index in [4.69, 9.17) is 19.9 Å². The van der Waals surface area contributed by atoms with Crippen LogP contribution in [0.1, 0.15) is 106 Å². The van der Waals surface area contributed by atoms with Crippen molar-refractivity contribution in [2.75, 3.05) is 52.7 Å². The minimum atomic E-state index is -0.691. The number of carbonyl (C=O) groups excluding carboxylic acids is 3. The molecule has 278 valence electrons. The summed E-state index contributed by atoms with van der Waals surface area (Å²) in [6, 6.07) is 2.20. The van der Waals surface area contributed by atoms with E-state index >= 15 is 0 Å². The molecular weight excluding hydrogens is 630 g/mol. The zero-order chi connectivity index (χ0) is 36.6. The molecule has 0 radical (unpaired) electrons. The number of hydrogen-bond donors (Lipinski definition) is 2. The highest BCUT2D eigenvalue weighted by Gasteiger charge is 2.70. The summed E-state index contributed by atoms with van der Waals surface area (Å²) >= 11 is 0. The Bertz CT molecular complexity index is 1430. The molecule has 0 aromatic carbocycles. The number of ketones is 2. The molecule has 9 heteroatoms. The number of rotatable bonds is 14. The summed E-state index contributed by atoms with van der Waals surface area (Å²) in [5.41, 5.74) is 4.32. The van der Waals surface area contributed by atoms with E-state index in [0.717, 1.165) is 56.9 Å². The number of carbonyl (C=O) groups is 3. The lowest BCUT2D eigenvalue weighted by molar-refractivity contribution is -0.178. The van der Waals surface area contributed by atoms with Gasteiger partial charge in [0.1, 0.15) is 6.07 Å². The van der Waals surface area contributed by atoms with E-state index in [1.807, 2.05) is 26.0 Å². The molecule has 9 nitrogen and oxygen atoms in total. The molecule has 5 rings (SSSR count). The maximum Gasteiger partial charge on any atom is 0.226 e. The predicted molar refractivity (Wildman–Crippen MR) is 193 cm³/mol. The summed E-state index contributed by atoms with van der Waals surface area (Å²) < 4.78 is 16.7. The fourth-order valence-corrected chi connectivity index (χ4v) is 11.3. The molecule has 0 bridgehead atoms. The molecule has 5 aliphatic rings. The minimum Gasteiger partial charge on any atom is -0.379 e. The number of nitrogens with one attached hydrogen (secondary N) is 1. The smallest absolute Gasteiger partial charge is 0.226 e. The molecule has 5 aliphatic carbocycles. The molecule has 7 atom stereocenters. The normalized spacial score (nSPS) is 36.9. The van der Waals surface area contributed by atoms with Gasteiger partial charge in [0.25, 0.3) is 0 Å². The van der Waals surface area contributed by atoms with Crippen LogP contribution in [0.2, 0.25) is 0 Å². The largest absolute Gasteiger partial charge is 0.379 e. The summed E-state index contributed by atoms with van der Waals surface area (Å²) in [5, 5.41) is 13.3. The standard InChI is InChI=1S/C41H63N3O6/c1-36(2)12-14-41(35(47)44-17-9-19-49-21-23-50-22-20-48-18-8-16-42)15-13-40(7)33(29(41)26-36)30(45)24-32-38(5)25-28(27-43)34(46)37(3,4)31(38)10-11-39(32,40)6/h24-25,29,31,33H,8-23,26,42H2,1-7H3,(H,44,47)/t29-,31-,33-,38-,39+,40+,41-/m0/s1. The highest BCUT2D eigenvalue weighted by Crippen LogP contribution is 2.74. The summed E-state index contributed by atoms with van der Waals surface area (Å²) in [6.45, 7) is 19.8. The van der Waals surface area contributed by atoms with Crippen LogP contribution >= 0.6 is 0 Å². The first-order valence-corrected chi connectivity index (χ1v) is 19.2. The van der Waals surface area contributed by atoms with Gasteiger partial charge in [0.15, 0.2) is 11.6 Å². The van der Waals surface area contributed by atoms with Crippen LogP contribution in [0.5, 0.6) is 0 Å². The highest BCUT2D eigenvalue weighted by molar-refractivity contribution is 6.04. The number of fused-ring (bicyclic) bond motifs is 7. The first-order valence-electron chi connectivity index (χ1n) is 19.2. The van der Waals surface area contributed by atoms with Gasteiger partial charge < -0.3 is 25.3 Å². The Morgan fingerprint density at radius 2 is 1.52 bits per heavy atom. The molecule has 3 fully saturated rings. The van der Waals surface area contributed by atoms with Crippen LogP contribution in [0.15, 0.2) is 23.3 Å². The van der Waals surface area contributed by atoms with Gasteiger partial charge >= 0.3 is 0 Å². The molecule has 0 heterocycles. The van der Waals surface area contributed by atoms with Crippen LogP contribution in [0.25, 0.3) is 0 Å². The van der Waals surface area contributed by atoms with Crippen molar-refractivity contribution < 1.29 is 28.6 Å². The number of Topliss-reactive ketones (excluding diaryl/α,β-unsaturated/α-hetero) is 1. The number of allylic oxidation sites excluding steroid dienone is 4. The first-order chi connectivity index (χ1) is 23.5. The Kier molecular flexibility index (Phi) is 11.3. The van der Waals surface area contributed by atoms with E-state index in [9.17, 15) is 19.6 Å². The second-order valence-electron chi connectivity index (χ2n) is 18.0. The van der Waals surface area contributed by atoms with Crippen molar-refractivity contribution in [3.05, 3.63) is 23.3 Å². The maximum atomic E-state index is 14.7. The van der Waals surface area contributed by atoms with Crippen molar-refractivity contribution in [3.8, 4) is 6.07 Å². The van der Waals surface area contributed by atoms with Gasteiger partial charge in [-0.1, -0.05) is 60.1 Å². The van der Waals surface area contributed by atoms with Crippen LogP contribution in [0.3, 0.4) is 0 Å². The van der Waals surface area contributed by atoms with E-state index in [1.54, 1.807) is 0 Å². The topological polar surface area (TPSA) is 141 Å². The van der Waals surface area contributed by atoms with Crippen molar-refractivity contribution in [1.82, 2.24) is 5.32 Å². The SMILES string of the molecule is CC1(C)CC[C@]2(C(=O)NCCCOCCOCCOCCCN)CC[C@]3(C)[C@H](C(=O)C=C4[C@@]5(C)C=C(C#N)C(=O)C(C)(C)[C@@H]5CC[C@]43C)[C@@H]2C1. The second kappa shape index (κ2) is 14.6. The average Bonchev–Trinajstić information content (AvgIpc) is 3.05. The fourth-order valence-electron chi connectivity index (χ4n) is 11.3. The number of hydrogen-bond acceptors (Lipinski definition) is 8. The number of nitriles is 1. The summed E-state index contributed by atoms with van der Waals surface area (Å²) in [7, 11) is 0. The lowest BCUT2D eigenvalue weighted by Crippen LogP contribution is -2.66. The molecule has 0 unspecified atom stereocenters. The molecule has 0 spiro atoms. The van der Waals surface area contributed by atoms with Gasteiger partial charge in [-0.15, -0.1) is 0 Å². The zero-order valence-electron chi connectivity index (χ0n) is 31.9. The van der Waals surface area contributed by atoms with E-state index in [1.165, 1.54) is 0 Å². The van der Waals surface area contributed by atoms with Crippen LogP contribution in [-0.4, -0.2) is 70.2 Å². The van der Waals surface area contributed by atoms with Gasteiger partial charge in [0.05, 0.1) is 37.4 Å². The Labute approximate surface area is 300 Å². The zero-order valence-corrected chi connectivity index (χ0v) is 31.9. The fraction of sp³-hybridized carbons (Fsp3) is 0.805. The Morgan fingerprint density at radius 3 is 2.16 bits per heavy atom. The third-order valence-corrected chi connectivity index (χ3v) is 14.3. The van der Waals surface area contributed by atoms with E-state index in [2.05, 4.69) is 46.0 Å². The van der Waals surface area contributed by atoms with Crippen molar-refractivity contribution in [3.63, 3.8) is 0 Å². The molecule has 1 amide bonds. The van der Waals surface area contributed by atoms with Crippen LogP contribution in [0, 0.1) is 61.6 Å². The van der Waals surface area contributed by atoms with Gasteiger partial charge in [0, 0.05) is 36.5 Å². The molecule has 0 saturated heterocycles. The minimum absolute atomic E-state index is 0.0108. The summed E-state index contributed by atoms with van der Waals surface area (Å²) in [5.74, 6) is -0.178. The van der Waals surface area contributed by atoms with Crippen molar-refractivity contribution in [2.24, 2.45) is 56.0 Å². The van der Waals surface area contributed by atoms with Gasteiger partial charge in [-0.25, -0.2) is 0 Å². The number of ether oxygens (including phenoxy) is 3. The van der Waals surface area contributed by atoms with Crippen LogP contribution in [-0.2, 0) is 28.6 Å². The van der Waals surface area contributed by atoms with E-state index in [0.29, 0.717) is 59.2 Å². The highest BCUT2D eigenvalue weighted by atomic mass is 16.5. The first kappa shape index (κ1) is 38.8. The van der Waals surface area contributed by atoms with Crippen molar-refractivity contribution >= 4 is 17.5 Å². The molecule has 0 aliphatic heterocycles. The molecule has 3 saturated carbocycles. The van der Waals surface area contributed by atoms with Crippen LogP contribution < -0.4 is 11.1 Å². The summed E-state index contributed by atoms with van der Waals surface area (Å²) in [4.78, 5) is 42.4. The average molecular weight is 694 g/mol. The maximum absolute atomic E-state index is 14.7. The quantitative estimate of drug-likeness (QED) is 0.208. The molecule has 50 heavy (non-hydrogen) atoms. The third-order valence-electron chi connectivity index (χ3n) is 14.3. The van der Waals surface area contributed by atoms with E-state index in [-0.39, 0.29) is 57.0 Å². The Hall–Kier alpha value is -2.38. The number of amides is 1. The molecular formula is C41H63N3O6. The Morgan fingerprint density at radius 1 is 0.900 bits per heavy atom. The van der Waals surface area contributed by atoms with Crippen molar-refractivity contribution in [2.45, 2.75) is 106 Å². The lowest BCUT2D eigenvalue weighted by Gasteiger charge is -2.69. The molecule has 0 aromatic heterocycles. The van der Waals surface area contributed by atoms with Gasteiger partial charge in [-0.2, -0.15) is 5.26 Å². The molecule has 3 N–H and O–H groups in total. The van der Waals surface area contributed by atoms with E-state index < -0.39 is 16.2 Å². The third kappa shape index (κ3) is 6.57. The number of nitrogens with zero attached hydrogens (tertiary/aromatic N) is 1. The van der Waals surface area contributed by atoms with Crippen molar-refractivity contribution in [1.29, 1.82) is 5.26 Å². The lowest BCUT2D eigenvalue weighted by atomic mass is 9.34. The molecule has 0 aromatic rings. The second-order valence-corrected chi connectivity index (χ2v) is 18.0. The van der Waals surface area contributed by atoms with Gasteiger partial charge in [-0.05, 0) is 98.5 Å². The predicted octanol–water partition coefficient (Wildman–Crippen LogP) is 6.11. The Balaban J connectivity index is 1.30. The monoisotopic (exact) mass is 693 g/mol.